The van der Waals surface area contributed by atoms with E-state index in [9.17, 15) is 9.59 Å². The molecule has 1 heterocycles. The van der Waals surface area contributed by atoms with Gasteiger partial charge in [0.05, 0.1) is 0 Å². The summed E-state index contributed by atoms with van der Waals surface area (Å²) < 4.78 is 7.53. The molecule has 17 heavy (non-hydrogen) atoms. The Bertz CT molecular complexity index is 433. The normalized spacial score (nSPS) is 15.8. The summed E-state index contributed by atoms with van der Waals surface area (Å²) in [7, 11) is 1.61. The van der Waals surface area contributed by atoms with Gasteiger partial charge in [-0.15, -0.1) is 0 Å². The van der Waals surface area contributed by atoms with Gasteiger partial charge in [-0.1, -0.05) is 0 Å². The van der Waals surface area contributed by atoms with Crippen LogP contribution in [0.1, 0.15) is 12.8 Å². The Labute approximate surface area is 113 Å². The van der Waals surface area contributed by atoms with Gasteiger partial charge in [-0.2, -0.15) is 0 Å². The van der Waals surface area contributed by atoms with E-state index < -0.39 is 17.6 Å². The van der Waals surface area contributed by atoms with E-state index >= 15 is 0 Å². The number of benzene rings is 1. The Balaban J connectivity index is 2.21. The van der Waals surface area contributed by atoms with Crippen LogP contribution in [-0.4, -0.2) is 39.7 Å². The summed E-state index contributed by atoms with van der Waals surface area (Å²) in [4.78, 5) is 23.2. The molecule has 1 fully saturated rings. The molecule has 2 amide bonds. The fourth-order valence-corrected chi connectivity index (χ4v) is 8.32. The molecule has 0 bridgehead atoms. The van der Waals surface area contributed by atoms with E-state index in [4.69, 9.17) is 4.74 Å². The Morgan fingerprint density at radius 2 is 1.71 bits per heavy atom. The van der Waals surface area contributed by atoms with Gasteiger partial charge in [0.15, 0.2) is 0 Å². The van der Waals surface area contributed by atoms with Gasteiger partial charge in [-0.25, -0.2) is 0 Å². The van der Waals surface area contributed by atoms with Crippen molar-refractivity contribution in [2.45, 2.75) is 12.8 Å². The standard InChI is InChI=1S/C11H11BrNO3Te/c1-16-8-2-4-9(5-3-8)17(12)13-10(14)6-7-11(13)15/h2-5H,6-7H2,1H3. The molecule has 1 aromatic carbocycles. The first-order valence-corrected chi connectivity index (χ1v) is 12.5. The number of ether oxygens (including phenoxy) is 1. The van der Waals surface area contributed by atoms with Crippen LogP contribution in [0.2, 0.25) is 0 Å². The van der Waals surface area contributed by atoms with Gasteiger partial charge in [0.25, 0.3) is 0 Å². The second-order valence-corrected chi connectivity index (χ2v) is 11.4. The van der Waals surface area contributed by atoms with Crippen LogP contribution in [0.15, 0.2) is 24.3 Å². The second kappa shape index (κ2) is 5.38. The molecule has 1 aromatic rings. The number of methoxy groups -OCH3 is 1. The van der Waals surface area contributed by atoms with Crippen LogP contribution in [0, 0.1) is 0 Å². The van der Waals surface area contributed by atoms with E-state index in [2.05, 4.69) is 12.8 Å². The minimum atomic E-state index is -2.20. The molecule has 1 aliphatic heterocycles. The summed E-state index contributed by atoms with van der Waals surface area (Å²) in [6, 6.07) is 7.50. The average Bonchev–Trinajstić information content (AvgIpc) is 2.68. The van der Waals surface area contributed by atoms with Gasteiger partial charge in [-0.05, 0) is 0 Å². The monoisotopic (exact) mass is 414 g/mol. The van der Waals surface area contributed by atoms with Crippen LogP contribution in [0.5, 0.6) is 5.75 Å². The van der Waals surface area contributed by atoms with Crippen molar-refractivity contribution in [3.8, 4) is 5.75 Å². The summed E-state index contributed by atoms with van der Waals surface area (Å²) in [5.74, 6) is 0.658. The van der Waals surface area contributed by atoms with Gasteiger partial charge in [-0.3, -0.25) is 0 Å². The van der Waals surface area contributed by atoms with Crippen molar-refractivity contribution >= 4 is 45.8 Å². The van der Waals surface area contributed by atoms with Crippen LogP contribution in [0.3, 0.4) is 0 Å². The third-order valence-electron chi connectivity index (χ3n) is 2.42. The maximum atomic E-state index is 11.6. The molecule has 0 aliphatic carbocycles. The number of nitrogens with zero attached hydrogens (tertiary/aromatic N) is 1. The molecule has 1 aliphatic rings. The van der Waals surface area contributed by atoms with Gasteiger partial charge >= 0.3 is 113 Å². The van der Waals surface area contributed by atoms with Gasteiger partial charge in [0.2, 0.25) is 0 Å². The Hall–Kier alpha value is -0.570. The molecule has 0 saturated carbocycles. The first kappa shape index (κ1) is 12.9. The third kappa shape index (κ3) is 2.65. The summed E-state index contributed by atoms with van der Waals surface area (Å²) in [5, 5.41) is 0. The number of amides is 2. The van der Waals surface area contributed by atoms with E-state index in [1.807, 2.05) is 24.3 Å². The van der Waals surface area contributed by atoms with Crippen molar-refractivity contribution in [1.29, 1.82) is 0 Å². The first-order valence-electron chi connectivity index (χ1n) is 5.04. The van der Waals surface area contributed by atoms with Gasteiger partial charge in [0, 0.05) is 0 Å². The van der Waals surface area contributed by atoms with Crippen LogP contribution < -0.4 is 8.35 Å². The molecular formula is C11H11BrNO3Te. The van der Waals surface area contributed by atoms with Crippen LogP contribution in [0.4, 0.5) is 0 Å². The number of carbonyl (C=O) groups excluding carboxylic acids is 2. The zero-order valence-electron chi connectivity index (χ0n) is 9.18. The van der Waals surface area contributed by atoms with Crippen LogP contribution in [0.25, 0.3) is 0 Å². The number of halogens is 1. The molecule has 0 aromatic heterocycles. The summed E-state index contributed by atoms with van der Waals surface area (Å²) in [5.41, 5.74) is 0. The molecule has 0 spiro atoms. The van der Waals surface area contributed by atoms with E-state index in [1.165, 1.54) is 3.15 Å². The zero-order valence-corrected chi connectivity index (χ0v) is 13.1. The van der Waals surface area contributed by atoms with E-state index in [-0.39, 0.29) is 11.8 Å². The topological polar surface area (TPSA) is 46.6 Å². The summed E-state index contributed by atoms with van der Waals surface area (Å²) in [6.07, 6.45) is 0.690. The number of imide groups is 1. The quantitative estimate of drug-likeness (QED) is 0.548. The van der Waals surface area contributed by atoms with Crippen molar-refractivity contribution in [3.63, 3.8) is 0 Å². The number of rotatable bonds is 3. The van der Waals surface area contributed by atoms with E-state index in [0.29, 0.717) is 12.8 Å². The van der Waals surface area contributed by atoms with E-state index in [0.717, 1.165) is 9.36 Å². The van der Waals surface area contributed by atoms with Crippen molar-refractivity contribution in [3.05, 3.63) is 24.3 Å². The Kier molecular flexibility index (Phi) is 4.08. The average molecular weight is 413 g/mol. The molecule has 4 nitrogen and oxygen atoms in total. The fraction of sp³-hybridized carbons (Fsp3) is 0.273. The third-order valence-corrected chi connectivity index (χ3v) is 10.8. The molecule has 2 rings (SSSR count). The molecule has 1 radical (unpaired) electrons. The molecule has 0 N–H and O–H groups in total. The second-order valence-electron chi connectivity index (χ2n) is 3.49. The van der Waals surface area contributed by atoms with Crippen molar-refractivity contribution < 1.29 is 14.3 Å². The first-order chi connectivity index (χ1) is 8.13. The summed E-state index contributed by atoms with van der Waals surface area (Å²) in [6.45, 7) is 0. The molecule has 1 saturated heterocycles. The van der Waals surface area contributed by atoms with Crippen molar-refractivity contribution in [2.24, 2.45) is 0 Å². The maximum absolute atomic E-state index is 11.6. The fourth-order valence-electron chi connectivity index (χ4n) is 1.53. The zero-order chi connectivity index (χ0) is 12.4. The van der Waals surface area contributed by atoms with Gasteiger partial charge < -0.3 is 0 Å². The molecule has 0 atom stereocenters. The van der Waals surface area contributed by atoms with E-state index in [1.54, 1.807) is 7.11 Å². The van der Waals surface area contributed by atoms with Crippen LogP contribution >= 0.6 is 12.8 Å². The van der Waals surface area contributed by atoms with Gasteiger partial charge in [0.1, 0.15) is 0 Å². The predicted molar refractivity (Wildman–Crippen MR) is 68.4 cm³/mol. The SMILES string of the molecule is COc1ccc([Te](Br)N2C(=O)CCC2=O)cc1. The predicted octanol–water partition coefficient (Wildman–Crippen LogP) is 0.934. The minimum absolute atomic E-state index is 0.0562. The molecular weight excluding hydrogens is 402 g/mol. The molecule has 0 unspecified atom stereocenters. The number of hydrogen-bond acceptors (Lipinski definition) is 3. The number of carbonyl (C=O) groups is 2. The molecule has 91 valence electrons. The summed E-state index contributed by atoms with van der Waals surface area (Å²) >= 11 is 1.35. The Morgan fingerprint density at radius 3 is 2.18 bits per heavy atom. The number of hydrogen-bond donors (Lipinski definition) is 0. The van der Waals surface area contributed by atoms with Crippen LogP contribution in [-0.2, 0) is 9.59 Å². The van der Waals surface area contributed by atoms with Crippen molar-refractivity contribution in [2.75, 3.05) is 7.11 Å². The Morgan fingerprint density at radius 1 is 1.18 bits per heavy atom. The van der Waals surface area contributed by atoms with Crippen molar-refractivity contribution in [1.82, 2.24) is 3.15 Å². The molecule has 6 heteroatoms.